The molecule has 0 spiro atoms. The smallest absolute Gasteiger partial charge is 0.253 e. The molecule has 2 aliphatic rings. The molecule has 3 rings (SSSR count). The van der Waals surface area contributed by atoms with E-state index in [1.54, 1.807) is 24.3 Å². The lowest BCUT2D eigenvalue weighted by atomic mass is 9.88. The number of rotatable bonds is 3. The van der Waals surface area contributed by atoms with Crippen LogP contribution in [0.25, 0.3) is 0 Å². The first kappa shape index (κ1) is 19.2. The molecular weight excluding hydrogens is 351 g/mol. The summed E-state index contributed by atoms with van der Waals surface area (Å²) in [6.07, 6.45) is 1.02. The van der Waals surface area contributed by atoms with E-state index in [-0.39, 0.29) is 36.1 Å². The lowest BCUT2D eigenvalue weighted by molar-refractivity contribution is -0.146. The van der Waals surface area contributed by atoms with Crippen molar-refractivity contribution in [1.29, 1.82) is 0 Å². The summed E-state index contributed by atoms with van der Waals surface area (Å²) < 4.78 is 5.51. The van der Waals surface area contributed by atoms with Gasteiger partial charge in [-0.3, -0.25) is 9.59 Å². The number of nitrogens with one attached hydrogen (secondary N) is 1. The Labute approximate surface area is 153 Å². The number of hydrogen-bond acceptors (Lipinski definition) is 4. The molecule has 1 aromatic carbocycles. The van der Waals surface area contributed by atoms with Gasteiger partial charge in [0.15, 0.2) is 5.78 Å². The molecule has 0 aliphatic carbocycles. The number of carbonyl (C=O) groups is 2. The third-order valence-corrected chi connectivity index (χ3v) is 4.76. The van der Waals surface area contributed by atoms with Gasteiger partial charge < -0.3 is 15.0 Å². The molecule has 5 nitrogen and oxygen atoms in total. The monoisotopic (exact) mass is 372 g/mol. The van der Waals surface area contributed by atoms with Crippen molar-refractivity contribution in [3.8, 4) is 0 Å². The predicted octanol–water partition coefficient (Wildman–Crippen LogP) is 2.17. The fourth-order valence-corrected chi connectivity index (χ4v) is 3.27. The summed E-state index contributed by atoms with van der Waals surface area (Å²) in [4.78, 5) is 26.7. The highest BCUT2D eigenvalue weighted by molar-refractivity contribution is 6.30. The molecule has 2 heterocycles. The maximum Gasteiger partial charge on any atom is 0.253 e. The van der Waals surface area contributed by atoms with E-state index < -0.39 is 0 Å². The number of amides is 1. The van der Waals surface area contributed by atoms with E-state index in [1.165, 1.54) is 0 Å². The molecule has 0 radical (unpaired) electrons. The first-order chi connectivity index (χ1) is 11.1. The van der Waals surface area contributed by atoms with E-state index in [1.807, 2.05) is 4.90 Å². The quantitative estimate of drug-likeness (QED) is 0.826. The molecule has 132 valence electrons. The van der Waals surface area contributed by atoms with Crippen molar-refractivity contribution in [3.63, 3.8) is 0 Å². The van der Waals surface area contributed by atoms with Crippen LogP contribution in [0.5, 0.6) is 0 Å². The standard InChI is InChI=1S/C17H21ClN2O3.ClH/c18-14-3-1-12(2-4-14)16(21)13-5-8-20(9-6-13)17(22)15-11-19-7-10-23-15;/h1-4,13,15,19H,5-11H2;1H. The number of Topliss-reactive ketones (excluding diaryl/α,β-unsaturated/α-hetero) is 1. The zero-order valence-electron chi connectivity index (χ0n) is 13.4. The van der Waals surface area contributed by atoms with Gasteiger partial charge in [-0.2, -0.15) is 0 Å². The summed E-state index contributed by atoms with van der Waals surface area (Å²) >= 11 is 5.86. The van der Waals surface area contributed by atoms with Gasteiger partial charge in [0.05, 0.1) is 6.61 Å². The number of benzene rings is 1. The topological polar surface area (TPSA) is 58.6 Å². The molecule has 1 amide bonds. The van der Waals surface area contributed by atoms with Crippen LogP contribution in [0.4, 0.5) is 0 Å². The molecule has 0 aromatic heterocycles. The van der Waals surface area contributed by atoms with Crippen molar-refractivity contribution in [2.75, 3.05) is 32.8 Å². The van der Waals surface area contributed by atoms with Crippen LogP contribution in [0.15, 0.2) is 24.3 Å². The van der Waals surface area contributed by atoms with Crippen LogP contribution < -0.4 is 5.32 Å². The summed E-state index contributed by atoms with van der Waals surface area (Å²) in [5.41, 5.74) is 0.694. The molecule has 0 saturated carbocycles. The van der Waals surface area contributed by atoms with Gasteiger partial charge in [0.1, 0.15) is 6.10 Å². The molecule has 2 saturated heterocycles. The summed E-state index contributed by atoms with van der Waals surface area (Å²) in [7, 11) is 0. The number of halogens is 2. The Kier molecular flexibility index (Phi) is 7.04. The third kappa shape index (κ3) is 4.48. The Bertz CT molecular complexity index is 566. The van der Waals surface area contributed by atoms with Crippen molar-refractivity contribution >= 4 is 35.7 Å². The van der Waals surface area contributed by atoms with Gasteiger partial charge in [0.2, 0.25) is 0 Å². The second-order valence-electron chi connectivity index (χ2n) is 6.03. The number of ketones is 1. The van der Waals surface area contributed by atoms with E-state index in [2.05, 4.69) is 5.32 Å². The van der Waals surface area contributed by atoms with Crippen LogP contribution >= 0.6 is 24.0 Å². The summed E-state index contributed by atoms with van der Waals surface area (Å²) in [5.74, 6) is 0.157. The lowest BCUT2D eigenvalue weighted by Crippen LogP contribution is -2.51. The molecule has 1 N–H and O–H groups in total. The largest absolute Gasteiger partial charge is 0.366 e. The number of carbonyl (C=O) groups excluding carboxylic acids is 2. The molecule has 2 fully saturated rings. The van der Waals surface area contributed by atoms with Gasteiger partial charge in [-0.05, 0) is 37.1 Å². The Balaban J connectivity index is 0.00000208. The average molecular weight is 373 g/mol. The Morgan fingerprint density at radius 3 is 2.42 bits per heavy atom. The molecule has 1 atom stereocenters. The SMILES string of the molecule is Cl.O=C(c1ccc(Cl)cc1)C1CCN(C(=O)C2CNCCO2)CC1. The average Bonchev–Trinajstić information content (AvgIpc) is 2.62. The minimum Gasteiger partial charge on any atom is -0.366 e. The summed E-state index contributed by atoms with van der Waals surface area (Å²) in [6, 6.07) is 7.01. The van der Waals surface area contributed by atoms with Crippen LogP contribution in [0.2, 0.25) is 5.02 Å². The molecule has 1 unspecified atom stereocenters. The second kappa shape index (κ2) is 8.81. The molecular formula is C17H22Cl2N2O3. The van der Waals surface area contributed by atoms with Gasteiger partial charge in [-0.1, -0.05) is 11.6 Å². The second-order valence-corrected chi connectivity index (χ2v) is 6.47. The number of hydrogen-bond donors (Lipinski definition) is 1. The molecule has 7 heteroatoms. The van der Waals surface area contributed by atoms with Gasteiger partial charge in [0, 0.05) is 42.7 Å². The molecule has 2 aliphatic heterocycles. The lowest BCUT2D eigenvalue weighted by Gasteiger charge is -2.34. The number of morpholine rings is 1. The van der Waals surface area contributed by atoms with Crippen LogP contribution in [0.3, 0.4) is 0 Å². The minimum atomic E-state index is -0.382. The normalized spacial score (nSPS) is 21.9. The maximum absolute atomic E-state index is 12.5. The highest BCUT2D eigenvalue weighted by Gasteiger charge is 2.32. The summed E-state index contributed by atoms with van der Waals surface area (Å²) in [5, 5.41) is 3.80. The maximum atomic E-state index is 12.5. The Hall–Kier alpha value is -1.14. The summed E-state index contributed by atoms with van der Waals surface area (Å²) in [6.45, 7) is 3.16. The zero-order chi connectivity index (χ0) is 16.2. The highest BCUT2D eigenvalue weighted by atomic mass is 35.5. The fraction of sp³-hybridized carbons (Fsp3) is 0.529. The Morgan fingerprint density at radius 1 is 1.17 bits per heavy atom. The van der Waals surface area contributed by atoms with E-state index in [0.29, 0.717) is 49.7 Å². The van der Waals surface area contributed by atoms with Gasteiger partial charge in [-0.15, -0.1) is 12.4 Å². The van der Waals surface area contributed by atoms with Crippen molar-refractivity contribution in [2.45, 2.75) is 18.9 Å². The molecule has 1 aromatic rings. The minimum absolute atomic E-state index is 0. The Morgan fingerprint density at radius 2 is 1.83 bits per heavy atom. The zero-order valence-corrected chi connectivity index (χ0v) is 14.9. The number of likely N-dealkylation sites (tertiary alicyclic amines) is 1. The van der Waals surface area contributed by atoms with E-state index in [9.17, 15) is 9.59 Å². The predicted molar refractivity (Wildman–Crippen MR) is 94.9 cm³/mol. The van der Waals surface area contributed by atoms with Crippen molar-refractivity contribution in [1.82, 2.24) is 10.2 Å². The number of piperidine rings is 1. The van der Waals surface area contributed by atoms with Crippen LogP contribution in [0, 0.1) is 5.92 Å². The first-order valence-corrected chi connectivity index (χ1v) is 8.44. The van der Waals surface area contributed by atoms with E-state index >= 15 is 0 Å². The van der Waals surface area contributed by atoms with Gasteiger partial charge >= 0.3 is 0 Å². The van der Waals surface area contributed by atoms with Crippen LogP contribution in [-0.2, 0) is 9.53 Å². The van der Waals surface area contributed by atoms with Crippen LogP contribution in [0.1, 0.15) is 23.2 Å². The van der Waals surface area contributed by atoms with E-state index in [0.717, 1.165) is 6.54 Å². The molecule has 24 heavy (non-hydrogen) atoms. The third-order valence-electron chi connectivity index (χ3n) is 4.51. The van der Waals surface area contributed by atoms with Crippen LogP contribution in [-0.4, -0.2) is 55.5 Å². The first-order valence-electron chi connectivity index (χ1n) is 8.06. The molecule has 0 bridgehead atoms. The van der Waals surface area contributed by atoms with Gasteiger partial charge in [0.25, 0.3) is 5.91 Å². The number of ether oxygens (including phenoxy) is 1. The fourth-order valence-electron chi connectivity index (χ4n) is 3.14. The highest BCUT2D eigenvalue weighted by Crippen LogP contribution is 2.23. The van der Waals surface area contributed by atoms with E-state index in [4.69, 9.17) is 16.3 Å². The van der Waals surface area contributed by atoms with Crippen molar-refractivity contribution in [3.05, 3.63) is 34.9 Å². The van der Waals surface area contributed by atoms with Crippen molar-refractivity contribution in [2.24, 2.45) is 5.92 Å². The number of nitrogens with zero attached hydrogens (tertiary/aromatic N) is 1. The van der Waals surface area contributed by atoms with Crippen molar-refractivity contribution < 1.29 is 14.3 Å². The van der Waals surface area contributed by atoms with Gasteiger partial charge in [-0.25, -0.2) is 0 Å².